The van der Waals surface area contributed by atoms with Crippen molar-refractivity contribution in [3.8, 4) is 34.5 Å². The molecule has 0 fully saturated rings. The van der Waals surface area contributed by atoms with Gasteiger partial charge >= 0.3 is 0 Å². The highest BCUT2D eigenvalue weighted by atomic mass is 16.5. The van der Waals surface area contributed by atoms with Crippen LogP contribution in [0.1, 0.15) is 232 Å². The quantitative estimate of drug-likeness (QED) is 0.0317. The van der Waals surface area contributed by atoms with Gasteiger partial charge in [-0.05, 0) is 202 Å². The van der Waals surface area contributed by atoms with E-state index in [1.165, 1.54) is 77.0 Å². The first-order valence-corrected chi connectivity index (χ1v) is 31.9. The first-order valence-electron chi connectivity index (χ1n) is 31.9. The highest BCUT2D eigenvalue weighted by Gasteiger charge is 2.13. The Morgan fingerprint density at radius 1 is 0.296 bits per heavy atom. The minimum atomic E-state index is 0.307. The number of allylic oxidation sites excluding steroid dienone is 3. The van der Waals surface area contributed by atoms with Crippen molar-refractivity contribution < 1.29 is 42.6 Å². The fourth-order valence-electron chi connectivity index (χ4n) is 9.67. The molecule has 0 heterocycles. The zero-order valence-electron chi connectivity index (χ0n) is 51.4. The van der Waals surface area contributed by atoms with Gasteiger partial charge in [0.1, 0.15) is 42.8 Å². The van der Waals surface area contributed by atoms with Crippen LogP contribution in [0, 0.1) is 0 Å². The van der Waals surface area contributed by atoms with Gasteiger partial charge in [0.2, 0.25) is 0 Å². The monoisotopic (exact) mass is 1120 g/mol. The van der Waals surface area contributed by atoms with Crippen molar-refractivity contribution in [2.75, 3.05) is 19.8 Å². The van der Waals surface area contributed by atoms with Crippen molar-refractivity contribution in [3.63, 3.8) is 0 Å². The van der Waals surface area contributed by atoms with Crippen molar-refractivity contribution in [2.45, 2.75) is 253 Å². The lowest BCUT2D eigenvalue weighted by Gasteiger charge is -2.17. The third kappa shape index (κ3) is 32.5. The van der Waals surface area contributed by atoms with Gasteiger partial charge in [-0.3, -0.25) is 0 Å². The summed E-state index contributed by atoms with van der Waals surface area (Å²) in [4.78, 5) is 0. The second-order valence-corrected chi connectivity index (χ2v) is 21.7. The standard InChI is InChI=1S/C72H108O9/c1-7-13-16-22-31-64(73-51-10-4)34-25-19-28-54-76-67-43-37-61(38-44-67)58-79-70-49-50-71(80-59-62-39-45-68(46-40-62)77-55-29-20-26-35-65(74-52-11-5)32-23-17-14-8-2)72(57-70)81-60-63-41-47-69(48-42-63)78-56-30-21-27-36-66(75-53-12-6)33-24-18-15-9-3/h10-12,37-53,57,64-66H,7-9,13-36,54-56,58-60H2,1-6H3. The fourth-order valence-corrected chi connectivity index (χ4v) is 9.67. The molecule has 0 radical (unpaired) electrons. The van der Waals surface area contributed by atoms with Gasteiger partial charge in [0.15, 0.2) is 11.5 Å². The van der Waals surface area contributed by atoms with Crippen LogP contribution >= 0.6 is 0 Å². The maximum atomic E-state index is 6.51. The Balaban J connectivity index is 1.27. The molecule has 0 saturated heterocycles. The molecule has 4 aromatic rings. The van der Waals surface area contributed by atoms with E-state index in [4.69, 9.17) is 42.6 Å². The van der Waals surface area contributed by atoms with Crippen LogP contribution in [0.25, 0.3) is 0 Å². The Labute approximate surface area is 492 Å². The second kappa shape index (κ2) is 45.9. The molecule has 0 aliphatic heterocycles. The summed E-state index contributed by atoms with van der Waals surface area (Å²) in [6.45, 7) is 16.0. The third-order valence-electron chi connectivity index (χ3n) is 14.6. The van der Waals surface area contributed by atoms with E-state index in [-0.39, 0.29) is 0 Å². The van der Waals surface area contributed by atoms with Crippen LogP contribution in [-0.2, 0) is 34.0 Å². The lowest BCUT2D eigenvalue weighted by atomic mass is 10.0. The van der Waals surface area contributed by atoms with Crippen LogP contribution in [0.4, 0.5) is 0 Å². The highest BCUT2D eigenvalue weighted by molar-refractivity contribution is 5.46. The van der Waals surface area contributed by atoms with Crippen molar-refractivity contribution in [1.29, 1.82) is 0 Å². The zero-order valence-corrected chi connectivity index (χ0v) is 51.4. The van der Waals surface area contributed by atoms with Crippen molar-refractivity contribution >= 4 is 0 Å². The van der Waals surface area contributed by atoms with Crippen LogP contribution in [0.15, 0.2) is 128 Å². The number of hydrogen-bond donors (Lipinski definition) is 0. The Morgan fingerprint density at radius 3 is 0.914 bits per heavy atom. The number of rotatable bonds is 51. The average molecular weight is 1120 g/mol. The normalized spacial score (nSPS) is 12.7. The summed E-state index contributed by atoms with van der Waals surface area (Å²) in [6.07, 6.45) is 44.2. The van der Waals surface area contributed by atoms with E-state index < -0.39 is 0 Å². The van der Waals surface area contributed by atoms with E-state index in [1.807, 2.05) is 112 Å². The molecule has 0 aliphatic rings. The zero-order chi connectivity index (χ0) is 57.5. The second-order valence-electron chi connectivity index (χ2n) is 21.7. The first kappa shape index (κ1) is 67.8. The van der Waals surface area contributed by atoms with Crippen LogP contribution in [0.2, 0.25) is 0 Å². The molecule has 0 bridgehead atoms. The summed E-state index contributed by atoms with van der Waals surface area (Å²) < 4.78 is 55.7. The smallest absolute Gasteiger partial charge is 0.165 e. The predicted octanol–water partition coefficient (Wildman–Crippen LogP) is 20.9. The average Bonchev–Trinajstić information content (AvgIpc) is 3.49. The van der Waals surface area contributed by atoms with Crippen LogP contribution in [0.5, 0.6) is 34.5 Å². The van der Waals surface area contributed by atoms with Crippen molar-refractivity contribution in [2.24, 2.45) is 0 Å². The van der Waals surface area contributed by atoms with Crippen LogP contribution in [-0.4, -0.2) is 38.1 Å². The molecule has 9 nitrogen and oxygen atoms in total. The topological polar surface area (TPSA) is 83.1 Å². The lowest BCUT2D eigenvalue weighted by Crippen LogP contribution is -2.10. The largest absolute Gasteiger partial charge is 0.498 e. The summed E-state index contributed by atoms with van der Waals surface area (Å²) in [5.41, 5.74) is 3.12. The van der Waals surface area contributed by atoms with Gasteiger partial charge in [0.25, 0.3) is 0 Å². The third-order valence-corrected chi connectivity index (χ3v) is 14.6. The molecular weight excluding hydrogens is 1010 g/mol. The van der Waals surface area contributed by atoms with Crippen LogP contribution in [0.3, 0.4) is 0 Å². The predicted molar refractivity (Wildman–Crippen MR) is 336 cm³/mol. The molecule has 0 N–H and O–H groups in total. The molecule has 9 heteroatoms. The fraction of sp³-hybridized carbons (Fsp3) is 0.583. The van der Waals surface area contributed by atoms with E-state index in [0.717, 1.165) is 130 Å². The van der Waals surface area contributed by atoms with Gasteiger partial charge in [-0.2, -0.15) is 0 Å². The summed E-state index contributed by atoms with van der Waals surface area (Å²) in [6, 6.07) is 30.4. The van der Waals surface area contributed by atoms with Gasteiger partial charge in [0.05, 0.1) is 56.9 Å². The maximum absolute atomic E-state index is 6.51. The Morgan fingerprint density at radius 2 is 0.593 bits per heavy atom. The van der Waals surface area contributed by atoms with Gasteiger partial charge in [-0.15, -0.1) is 0 Å². The molecule has 0 amide bonds. The molecule has 4 aromatic carbocycles. The van der Waals surface area contributed by atoms with E-state index in [0.29, 0.717) is 75.2 Å². The van der Waals surface area contributed by atoms with Crippen molar-refractivity contribution in [3.05, 3.63) is 145 Å². The van der Waals surface area contributed by atoms with Gasteiger partial charge in [-0.1, -0.05) is 133 Å². The minimum Gasteiger partial charge on any atom is -0.498 e. The highest BCUT2D eigenvalue weighted by Crippen LogP contribution is 2.34. The minimum absolute atomic E-state index is 0.307. The molecule has 4 rings (SSSR count). The van der Waals surface area contributed by atoms with Gasteiger partial charge in [-0.25, -0.2) is 0 Å². The molecule has 0 aromatic heterocycles. The summed E-state index contributed by atoms with van der Waals surface area (Å²) >= 11 is 0. The molecule has 81 heavy (non-hydrogen) atoms. The van der Waals surface area contributed by atoms with E-state index in [9.17, 15) is 0 Å². The van der Waals surface area contributed by atoms with E-state index in [2.05, 4.69) is 57.2 Å². The Bertz CT molecular complexity index is 2180. The van der Waals surface area contributed by atoms with Gasteiger partial charge < -0.3 is 42.6 Å². The molecule has 0 saturated carbocycles. The maximum Gasteiger partial charge on any atom is 0.165 e. The number of hydrogen-bond acceptors (Lipinski definition) is 9. The SMILES string of the molecule is CC=COC(CCCCCC)CCCCCOc1ccc(COc2ccc(OCc3ccc(OCCCCCC(CCCCCC)OC=CC)cc3)c(OCc3ccc(OCCCCCC(CCCCCC)OC=CC)cc3)c2)cc1. The number of benzene rings is 4. The van der Waals surface area contributed by atoms with Crippen molar-refractivity contribution in [1.82, 2.24) is 0 Å². The Hall–Kier alpha value is -5.70. The molecule has 3 atom stereocenters. The first-order chi connectivity index (χ1) is 40.0. The van der Waals surface area contributed by atoms with E-state index in [1.54, 1.807) is 0 Å². The van der Waals surface area contributed by atoms with Crippen LogP contribution < -0.4 is 28.4 Å². The summed E-state index contributed by atoms with van der Waals surface area (Å²) in [7, 11) is 0. The lowest BCUT2D eigenvalue weighted by molar-refractivity contribution is 0.120. The molecule has 0 spiro atoms. The summed E-state index contributed by atoms with van der Waals surface area (Å²) in [5, 5.41) is 0. The van der Waals surface area contributed by atoms with E-state index >= 15 is 0 Å². The molecular formula is C72H108O9. The molecule has 0 aliphatic carbocycles. The Kier molecular flexibility index (Phi) is 38.4. The molecule has 3 unspecified atom stereocenters. The summed E-state index contributed by atoms with van der Waals surface area (Å²) in [5.74, 6) is 4.55. The number of unbranched alkanes of at least 4 members (excludes halogenated alkanes) is 15. The molecule has 450 valence electrons. The number of ether oxygens (including phenoxy) is 9. The van der Waals surface area contributed by atoms with Gasteiger partial charge in [0, 0.05) is 6.07 Å².